The number of ketones is 1. The topological polar surface area (TPSA) is 26.3 Å². The summed E-state index contributed by atoms with van der Waals surface area (Å²) in [7, 11) is 0. The number of hydrogen-bond donors (Lipinski definition) is 0. The van der Waals surface area contributed by atoms with Gasteiger partial charge in [-0.3, -0.25) is 4.79 Å². The highest BCUT2D eigenvalue weighted by atomic mass is 79.9. The van der Waals surface area contributed by atoms with E-state index in [9.17, 15) is 9.18 Å². The number of rotatable bonds is 7. The van der Waals surface area contributed by atoms with Crippen molar-refractivity contribution in [3.8, 4) is 0 Å². The maximum atomic E-state index is 13.1. The van der Waals surface area contributed by atoms with Crippen LogP contribution in [0.5, 0.6) is 0 Å². The first-order valence-electron chi connectivity index (χ1n) is 5.66. The summed E-state index contributed by atoms with van der Waals surface area (Å²) >= 11 is 3.20. The van der Waals surface area contributed by atoms with E-state index in [1.54, 1.807) is 6.07 Å². The molecule has 2 nitrogen and oxygen atoms in total. The Morgan fingerprint density at radius 1 is 1.41 bits per heavy atom. The molecule has 0 fully saturated rings. The SMILES string of the molecule is CCOCCCC(=O)Cc1cc(F)cc(Br)c1. The van der Waals surface area contributed by atoms with E-state index < -0.39 is 0 Å². The summed E-state index contributed by atoms with van der Waals surface area (Å²) in [6.07, 6.45) is 1.49. The van der Waals surface area contributed by atoms with E-state index in [-0.39, 0.29) is 18.0 Å². The van der Waals surface area contributed by atoms with Gasteiger partial charge in [0.25, 0.3) is 0 Å². The molecule has 1 rings (SSSR count). The monoisotopic (exact) mass is 302 g/mol. The van der Waals surface area contributed by atoms with Gasteiger partial charge in [-0.2, -0.15) is 0 Å². The normalized spacial score (nSPS) is 10.5. The first-order chi connectivity index (χ1) is 8.11. The van der Waals surface area contributed by atoms with Crippen molar-refractivity contribution in [2.24, 2.45) is 0 Å². The number of carbonyl (C=O) groups excluding carboxylic acids is 1. The third-order valence-corrected chi connectivity index (χ3v) is 2.73. The first-order valence-corrected chi connectivity index (χ1v) is 6.45. The average molecular weight is 303 g/mol. The average Bonchev–Trinajstić information content (AvgIpc) is 2.23. The number of halogens is 2. The number of Topliss-reactive ketones (excluding diaryl/α,β-unsaturated/α-hetero) is 1. The molecule has 0 bridgehead atoms. The summed E-state index contributed by atoms with van der Waals surface area (Å²) in [5, 5.41) is 0. The molecule has 94 valence electrons. The highest BCUT2D eigenvalue weighted by Crippen LogP contribution is 2.16. The van der Waals surface area contributed by atoms with Crippen LogP contribution in [-0.2, 0) is 16.0 Å². The Hall–Kier alpha value is -0.740. The third kappa shape index (κ3) is 5.94. The van der Waals surface area contributed by atoms with E-state index in [4.69, 9.17) is 4.74 Å². The molecule has 0 atom stereocenters. The Kier molecular flexibility index (Phi) is 6.37. The fraction of sp³-hybridized carbons (Fsp3) is 0.462. The van der Waals surface area contributed by atoms with Gasteiger partial charge in [-0.05, 0) is 37.1 Å². The van der Waals surface area contributed by atoms with Gasteiger partial charge in [0.15, 0.2) is 0 Å². The quantitative estimate of drug-likeness (QED) is 0.720. The molecule has 0 heterocycles. The summed E-state index contributed by atoms with van der Waals surface area (Å²) in [5.74, 6) is -0.210. The standard InChI is InChI=1S/C13H16BrFO2/c1-2-17-5-3-4-13(16)8-10-6-11(14)9-12(15)7-10/h6-7,9H,2-5,8H2,1H3. The predicted molar refractivity (Wildman–Crippen MR) is 68.5 cm³/mol. The summed E-state index contributed by atoms with van der Waals surface area (Å²) in [6.45, 7) is 3.20. The maximum Gasteiger partial charge on any atom is 0.137 e. The lowest BCUT2D eigenvalue weighted by Crippen LogP contribution is -2.05. The molecule has 17 heavy (non-hydrogen) atoms. The van der Waals surface area contributed by atoms with Gasteiger partial charge in [-0.1, -0.05) is 15.9 Å². The van der Waals surface area contributed by atoms with Crippen molar-refractivity contribution in [1.29, 1.82) is 0 Å². The second-order valence-corrected chi connectivity index (χ2v) is 4.71. The van der Waals surface area contributed by atoms with E-state index in [0.717, 1.165) is 6.42 Å². The minimum atomic E-state index is -0.323. The van der Waals surface area contributed by atoms with Crippen molar-refractivity contribution < 1.29 is 13.9 Å². The molecule has 0 aliphatic heterocycles. The molecule has 0 spiro atoms. The van der Waals surface area contributed by atoms with Crippen molar-refractivity contribution in [2.75, 3.05) is 13.2 Å². The van der Waals surface area contributed by atoms with Crippen LogP contribution in [0.2, 0.25) is 0 Å². The van der Waals surface area contributed by atoms with E-state index in [1.165, 1.54) is 12.1 Å². The van der Waals surface area contributed by atoms with Crippen LogP contribution >= 0.6 is 15.9 Å². The summed E-state index contributed by atoms with van der Waals surface area (Å²) in [5.41, 5.74) is 0.707. The number of carbonyl (C=O) groups is 1. The molecule has 4 heteroatoms. The maximum absolute atomic E-state index is 13.1. The van der Waals surface area contributed by atoms with Crippen LogP contribution in [0, 0.1) is 5.82 Å². The molecule has 0 radical (unpaired) electrons. The molecule has 0 aromatic heterocycles. The van der Waals surface area contributed by atoms with Gasteiger partial charge in [0.1, 0.15) is 11.6 Å². The van der Waals surface area contributed by atoms with Gasteiger partial charge in [-0.15, -0.1) is 0 Å². The molecular weight excluding hydrogens is 287 g/mol. The Morgan fingerprint density at radius 2 is 2.18 bits per heavy atom. The number of ether oxygens (including phenoxy) is 1. The second kappa shape index (κ2) is 7.56. The molecule has 1 aromatic rings. The van der Waals surface area contributed by atoms with Gasteiger partial charge in [0, 0.05) is 30.5 Å². The van der Waals surface area contributed by atoms with Crippen molar-refractivity contribution in [1.82, 2.24) is 0 Å². The zero-order valence-corrected chi connectivity index (χ0v) is 11.4. The van der Waals surface area contributed by atoms with Gasteiger partial charge >= 0.3 is 0 Å². The third-order valence-electron chi connectivity index (χ3n) is 2.27. The molecule has 0 aliphatic carbocycles. The Balaban J connectivity index is 2.39. The lowest BCUT2D eigenvalue weighted by molar-refractivity contribution is -0.118. The van der Waals surface area contributed by atoms with E-state index in [2.05, 4.69) is 15.9 Å². The molecule has 0 unspecified atom stereocenters. The molecule has 0 saturated heterocycles. The number of hydrogen-bond acceptors (Lipinski definition) is 2. The minimum absolute atomic E-state index is 0.113. The zero-order chi connectivity index (χ0) is 12.7. The van der Waals surface area contributed by atoms with Gasteiger partial charge in [0.2, 0.25) is 0 Å². The lowest BCUT2D eigenvalue weighted by atomic mass is 10.1. The smallest absolute Gasteiger partial charge is 0.137 e. The molecule has 0 aliphatic rings. The van der Waals surface area contributed by atoms with Crippen molar-refractivity contribution in [2.45, 2.75) is 26.2 Å². The van der Waals surface area contributed by atoms with Crippen LogP contribution in [0.25, 0.3) is 0 Å². The van der Waals surface area contributed by atoms with Crippen LogP contribution in [0.3, 0.4) is 0 Å². The lowest BCUT2D eigenvalue weighted by Gasteiger charge is -2.03. The Bertz CT molecular complexity index is 359. The minimum Gasteiger partial charge on any atom is -0.382 e. The van der Waals surface area contributed by atoms with Crippen LogP contribution in [-0.4, -0.2) is 19.0 Å². The second-order valence-electron chi connectivity index (χ2n) is 3.79. The van der Waals surface area contributed by atoms with Crippen molar-refractivity contribution in [3.63, 3.8) is 0 Å². The van der Waals surface area contributed by atoms with Crippen LogP contribution in [0.15, 0.2) is 22.7 Å². The van der Waals surface area contributed by atoms with E-state index >= 15 is 0 Å². The van der Waals surface area contributed by atoms with Gasteiger partial charge in [0.05, 0.1) is 0 Å². The fourth-order valence-electron chi connectivity index (χ4n) is 1.54. The molecule has 0 N–H and O–H groups in total. The molecule has 0 amide bonds. The van der Waals surface area contributed by atoms with E-state index in [0.29, 0.717) is 29.7 Å². The van der Waals surface area contributed by atoms with Gasteiger partial charge < -0.3 is 4.74 Å². The predicted octanol–water partition coefficient (Wildman–Crippen LogP) is 3.52. The summed E-state index contributed by atoms with van der Waals surface area (Å²) in [4.78, 5) is 11.6. The van der Waals surface area contributed by atoms with Crippen molar-refractivity contribution >= 4 is 21.7 Å². The Labute approximate surface area is 109 Å². The molecule has 1 aromatic carbocycles. The fourth-order valence-corrected chi connectivity index (χ4v) is 2.06. The largest absolute Gasteiger partial charge is 0.382 e. The summed E-state index contributed by atoms with van der Waals surface area (Å²) < 4.78 is 18.9. The van der Waals surface area contributed by atoms with Gasteiger partial charge in [-0.25, -0.2) is 4.39 Å². The first kappa shape index (κ1) is 14.3. The zero-order valence-electron chi connectivity index (χ0n) is 9.84. The summed E-state index contributed by atoms with van der Waals surface area (Å²) in [6, 6.07) is 4.54. The highest BCUT2D eigenvalue weighted by molar-refractivity contribution is 9.10. The van der Waals surface area contributed by atoms with Crippen LogP contribution < -0.4 is 0 Å². The molecular formula is C13H16BrFO2. The highest BCUT2D eigenvalue weighted by Gasteiger charge is 2.06. The number of benzene rings is 1. The van der Waals surface area contributed by atoms with Crippen LogP contribution in [0.1, 0.15) is 25.3 Å². The Morgan fingerprint density at radius 3 is 2.82 bits per heavy atom. The van der Waals surface area contributed by atoms with Crippen molar-refractivity contribution in [3.05, 3.63) is 34.1 Å². The van der Waals surface area contributed by atoms with E-state index in [1.807, 2.05) is 6.92 Å². The molecule has 0 saturated carbocycles. The van der Waals surface area contributed by atoms with Crippen LogP contribution in [0.4, 0.5) is 4.39 Å².